The number of aromatic nitrogens is 2. The van der Waals surface area contributed by atoms with Gasteiger partial charge in [0.1, 0.15) is 11.7 Å². The van der Waals surface area contributed by atoms with Crippen molar-refractivity contribution in [1.82, 2.24) is 14.9 Å². The van der Waals surface area contributed by atoms with Crippen molar-refractivity contribution in [2.24, 2.45) is 22.1 Å². The van der Waals surface area contributed by atoms with E-state index >= 15 is 0 Å². The zero-order chi connectivity index (χ0) is 22.5. The van der Waals surface area contributed by atoms with Gasteiger partial charge in [-0.2, -0.15) is 0 Å². The molecule has 0 saturated carbocycles. The van der Waals surface area contributed by atoms with Gasteiger partial charge in [0.05, 0.1) is 15.8 Å². The van der Waals surface area contributed by atoms with E-state index in [2.05, 4.69) is 20.9 Å². The van der Waals surface area contributed by atoms with Gasteiger partial charge in [-0.3, -0.25) is 9.78 Å². The zero-order valence-electron chi connectivity index (χ0n) is 17.8. The number of amidine groups is 1. The lowest BCUT2D eigenvalue weighted by atomic mass is 9.73. The third kappa shape index (κ3) is 3.50. The minimum atomic E-state index is -0.314. The van der Waals surface area contributed by atoms with Crippen molar-refractivity contribution in [2.45, 2.75) is 37.1 Å². The highest BCUT2D eigenvalue weighted by molar-refractivity contribution is 8.04. The van der Waals surface area contributed by atoms with E-state index in [9.17, 15) is 4.79 Å². The van der Waals surface area contributed by atoms with Crippen molar-refractivity contribution in [1.29, 1.82) is 0 Å². The molecule has 3 aliphatic rings. The number of nitrogens with zero attached hydrogens (tertiary/aromatic N) is 4. The Hall–Kier alpha value is -2.42. The highest BCUT2D eigenvalue weighted by atomic mass is 35.5. The molecule has 7 nitrogen and oxygen atoms in total. The number of piperidine rings is 1. The highest BCUT2D eigenvalue weighted by Crippen LogP contribution is 2.50. The first-order chi connectivity index (χ1) is 15.4. The highest BCUT2D eigenvalue weighted by Gasteiger charge is 2.47. The van der Waals surface area contributed by atoms with Crippen LogP contribution >= 0.6 is 23.4 Å². The molecule has 1 aliphatic carbocycles. The number of nitrogens with two attached hydrogens (primary N) is 2. The molecule has 4 heterocycles. The Kier molecular flexibility index (Phi) is 5.47. The molecule has 1 unspecified atom stereocenters. The van der Waals surface area contributed by atoms with Crippen molar-refractivity contribution >= 4 is 40.8 Å². The summed E-state index contributed by atoms with van der Waals surface area (Å²) in [4.78, 5) is 29.8. The second-order valence-electron chi connectivity index (χ2n) is 8.72. The fraction of sp³-hybridized carbons (Fsp3) is 0.391. The van der Waals surface area contributed by atoms with E-state index in [4.69, 9.17) is 28.1 Å². The van der Waals surface area contributed by atoms with Gasteiger partial charge >= 0.3 is 0 Å². The fourth-order valence-corrected chi connectivity index (χ4v) is 6.20. The number of nitrogen functional groups attached to an aromatic ring is 1. The van der Waals surface area contributed by atoms with Crippen molar-refractivity contribution in [3.8, 4) is 0 Å². The maximum atomic E-state index is 13.1. The van der Waals surface area contributed by atoms with Crippen molar-refractivity contribution in [2.75, 3.05) is 18.8 Å². The molecule has 1 fully saturated rings. The van der Waals surface area contributed by atoms with Crippen LogP contribution < -0.4 is 11.5 Å². The first-order valence-electron chi connectivity index (χ1n) is 10.7. The number of carbonyl (C=O) groups excluding carboxylic acids is 1. The van der Waals surface area contributed by atoms with Crippen LogP contribution in [0.25, 0.3) is 0 Å². The predicted molar refractivity (Wildman–Crippen MR) is 127 cm³/mol. The number of hydrogen-bond donors (Lipinski definition) is 2. The summed E-state index contributed by atoms with van der Waals surface area (Å²) < 4.78 is 0. The summed E-state index contributed by atoms with van der Waals surface area (Å²) in [5.41, 5.74) is 14.8. The van der Waals surface area contributed by atoms with Gasteiger partial charge < -0.3 is 16.4 Å². The number of pyridine rings is 2. The second-order valence-corrected chi connectivity index (χ2v) is 10.2. The normalized spacial score (nSPS) is 24.3. The first kappa shape index (κ1) is 21.4. The lowest BCUT2D eigenvalue weighted by molar-refractivity contribution is -0.116. The number of fused-ring (bicyclic) bond motifs is 1. The van der Waals surface area contributed by atoms with E-state index in [1.54, 1.807) is 18.5 Å². The van der Waals surface area contributed by atoms with E-state index in [1.165, 1.54) is 17.3 Å². The molecular weight excluding hydrogens is 444 g/mol. The Morgan fingerprint density at radius 3 is 2.75 bits per heavy atom. The van der Waals surface area contributed by atoms with Crippen LogP contribution in [0.1, 0.15) is 37.1 Å². The maximum Gasteiger partial charge on any atom is 0.181 e. The van der Waals surface area contributed by atoms with Gasteiger partial charge in [0.15, 0.2) is 5.78 Å². The molecule has 1 spiro atoms. The molecular formula is C23H25ClN6OS. The van der Waals surface area contributed by atoms with E-state index < -0.39 is 0 Å². The van der Waals surface area contributed by atoms with Crippen molar-refractivity contribution in [3.05, 3.63) is 58.0 Å². The first-order valence-corrected chi connectivity index (χ1v) is 11.9. The van der Waals surface area contributed by atoms with Crippen LogP contribution in [0.5, 0.6) is 0 Å². The number of allylic oxidation sites excluding steroid dienone is 1. The Bertz CT molecular complexity index is 1140. The number of hydrogen-bond acceptors (Lipinski definition) is 8. The molecule has 2 aromatic rings. The topological polar surface area (TPSA) is 110 Å². The third-order valence-corrected chi connectivity index (χ3v) is 8.56. The van der Waals surface area contributed by atoms with Gasteiger partial charge in [0.2, 0.25) is 0 Å². The number of likely N-dealkylation sites (tertiary alicyclic amines) is 1. The monoisotopic (exact) mass is 468 g/mol. The summed E-state index contributed by atoms with van der Waals surface area (Å²) in [6.07, 6.45) is 7.93. The SMILES string of the molecule is C[C@@H]1C(=O)C(Sc2ccnc(N)c2Cl)=CN=C1N1CCC2(CC1)Cc1ncccc1C2N. The van der Waals surface area contributed by atoms with Gasteiger partial charge in [-0.05, 0) is 49.3 Å². The molecule has 32 heavy (non-hydrogen) atoms. The molecule has 9 heteroatoms. The molecule has 5 rings (SSSR count). The average Bonchev–Trinajstić information content (AvgIpc) is 3.07. The molecule has 0 aromatic carbocycles. The largest absolute Gasteiger partial charge is 0.382 e. The quantitative estimate of drug-likeness (QED) is 0.692. The number of carbonyl (C=O) groups is 1. The number of rotatable bonds is 2. The molecule has 0 bridgehead atoms. The summed E-state index contributed by atoms with van der Waals surface area (Å²) in [6.45, 7) is 3.59. The standard InChI is InChI=1S/C23H25ClN6OS/c1-13-19(31)17(32-16-4-8-28-21(26)18(16)24)12-29-22(13)30-9-5-23(6-10-30)11-15-14(20(23)25)3-2-7-27-15/h2-4,7-8,12-13,20H,5-6,9-11,25H2,1H3,(H2,26,28)/t13-,20?/m1/s1. The van der Waals surface area contributed by atoms with E-state index in [1.807, 2.05) is 19.2 Å². The molecule has 0 amide bonds. The number of anilines is 1. The molecule has 2 atom stereocenters. The van der Waals surface area contributed by atoms with Crippen LogP contribution in [0.3, 0.4) is 0 Å². The molecule has 2 aromatic heterocycles. The van der Waals surface area contributed by atoms with Gasteiger partial charge in [0, 0.05) is 48.3 Å². The number of halogens is 1. The second kappa shape index (κ2) is 8.17. The summed E-state index contributed by atoms with van der Waals surface area (Å²) in [6, 6.07) is 5.84. The van der Waals surface area contributed by atoms with Crippen molar-refractivity contribution in [3.63, 3.8) is 0 Å². The number of aliphatic imine (C=N–C) groups is 1. The van der Waals surface area contributed by atoms with Gasteiger partial charge in [-0.1, -0.05) is 29.4 Å². The van der Waals surface area contributed by atoms with Gasteiger partial charge in [-0.15, -0.1) is 0 Å². The summed E-state index contributed by atoms with van der Waals surface area (Å²) in [7, 11) is 0. The summed E-state index contributed by atoms with van der Waals surface area (Å²) in [5.74, 6) is 0.811. The number of Topliss-reactive ketones (excluding diaryl/α,β-unsaturated/α-hetero) is 1. The summed E-state index contributed by atoms with van der Waals surface area (Å²) in [5, 5.41) is 0.360. The minimum Gasteiger partial charge on any atom is -0.382 e. The van der Waals surface area contributed by atoms with E-state index in [0.717, 1.165) is 43.9 Å². The van der Waals surface area contributed by atoms with Crippen LogP contribution in [0.4, 0.5) is 5.82 Å². The average molecular weight is 469 g/mol. The van der Waals surface area contributed by atoms with E-state index in [0.29, 0.717) is 14.8 Å². The summed E-state index contributed by atoms with van der Waals surface area (Å²) >= 11 is 7.53. The van der Waals surface area contributed by atoms with Crippen LogP contribution in [0.2, 0.25) is 5.02 Å². The number of thioether (sulfide) groups is 1. The Labute approximate surface area is 196 Å². The molecule has 0 radical (unpaired) electrons. The third-order valence-electron chi connectivity index (χ3n) is 6.96. The number of ketones is 1. The minimum absolute atomic E-state index is 0.0149. The van der Waals surface area contributed by atoms with Crippen LogP contribution in [0, 0.1) is 11.3 Å². The lowest BCUT2D eigenvalue weighted by Gasteiger charge is -2.44. The molecule has 2 aliphatic heterocycles. The Morgan fingerprint density at radius 1 is 1.22 bits per heavy atom. The van der Waals surface area contributed by atoms with Gasteiger partial charge in [-0.25, -0.2) is 9.98 Å². The smallest absolute Gasteiger partial charge is 0.181 e. The maximum absolute atomic E-state index is 13.1. The van der Waals surface area contributed by atoms with Gasteiger partial charge in [0.25, 0.3) is 0 Å². The van der Waals surface area contributed by atoms with E-state index in [-0.39, 0.29) is 29.0 Å². The van der Waals surface area contributed by atoms with Crippen LogP contribution in [-0.4, -0.2) is 39.6 Å². The molecule has 1 saturated heterocycles. The fourth-order valence-electron chi connectivity index (χ4n) is 5.03. The Balaban J connectivity index is 1.31. The zero-order valence-corrected chi connectivity index (χ0v) is 19.4. The van der Waals surface area contributed by atoms with Crippen LogP contribution in [-0.2, 0) is 11.2 Å². The lowest BCUT2D eigenvalue weighted by Crippen LogP contribution is -2.49. The molecule has 166 valence electrons. The predicted octanol–water partition coefficient (Wildman–Crippen LogP) is 3.60. The Morgan fingerprint density at radius 2 is 2.00 bits per heavy atom. The molecule has 4 N–H and O–H groups in total. The van der Waals surface area contributed by atoms with Crippen molar-refractivity contribution < 1.29 is 4.79 Å². The van der Waals surface area contributed by atoms with Crippen LogP contribution in [0.15, 0.2) is 51.6 Å².